The molecule has 1 unspecified atom stereocenters. The summed E-state index contributed by atoms with van der Waals surface area (Å²) in [5.74, 6) is 0.479. The van der Waals surface area contributed by atoms with Crippen LogP contribution in [0.2, 0.25) is 5.02 Å². The van der Waals surface area contributed by atoms with Gasteiger partial charge in [-0.1, -0.05) is 17.7 Å². The molecule has 0 heterocycles. The average molecular weight is 283 g/mol. The van der Waals surface area contributed by atoms with Crippen molar-refractivity contribution in [3.63, 3.8) is 0 Å². The minimum Gasteiger partial charge on any atom is -0.329 e. The molecular weight excluding hydrogens is 263 g/mol. The molecule has 2 aliphatic carbocycles. The van der Waals surface area contributed by atoms with Gasteiger partial charge in [0.25, 0.3) is 0 Å². The SMILES string of the molecule is NCC(c1ccc(F)c(Cl)c1)N(CC1CC1)C1CC1. The molecule has 1 aromatic carbocycles. The van der Waals surface area contributed by atoms with Crippen LogP contribution in [0.3, 0.4) is 0 Å². The predicted octanol–water partition coefficient (Wildman–Crippen LogP) is 3.35. The van der Waals surface area contributed by atoms with E-state index in [0.717, 1.165) is 18.0 Å². The van der Waals surface area contributed by atoms with Crippen LogP contribution in [0.25, 0.3) is 0 Å². The van der Waals surface area contributed by atoms with Gasteiger partial charge in [0.2, 0.25) is 0 Å². The Labute approximate surface area is 118 Å². The fourth-order valence-corrected chi connectivity index (χ4v) is 2.91. The van der Waals surface area contributed by atoms with Gasteiger partial charge < -0.3 is 5.73 Å². The van der Waals surface area contributed by atoms with Crippen LogP contribution in [0.4, 0.5) is 4.39 Å². The lowest BCUT2D eigenvalue weighted by molar-refractivity contribution is 0.182. The molecule has 0 spiro atoms. The van der Waals surface area contributed by atoms with Crippen LogP contribution in [0, 0.1) is 11.7 Å². The van der Waals surface area contributed by atoms with Crippen LogP contribution in [0.5, 0.6) is 0 Å². The molecule has 3 rings (SSSR count). The number of hydrogen-bond donors (Lipinski definition) is 1. The molecule has 2 fully saturated rings. The Morgan fingerprint density at radius 3 is 2.58 bits per heavy atom. The van der Waals surface area contributed by atoms with E-state index in [1.165, 1.54) is 31.7 Å². The number of nitrogens with two attached hydrogens (primary N) is 1. The lowest BCUT2D eigenvalue weighted by atomic mass is 10.0. The molecule has 0 saturated heterocycles. The fraction of sp³-hybridized carbons (Fsp3) is 0.600. The van der Waals surface area contributed by atoms with E-state index < -0.39 is 0 Å². The lowest BCUT2D eigenvalue weighted by Gasteiger charge is -2.31. The molecule has 0 bridgehead atoms. The van der Waals surface area contributed by atoms with Crippen molar-refractivity contribution in [3.8, 4) is 0 Å². The minimum atomic E-state index is -0.360. The first-order valence-corrected chi connectivity index (χ1v) is 7.47. The van der Waals surface area contributed by atoms with Gasteiger partial charge in [0, 0.05) is 25.2 Å². The van der Waals surface area contributed by atoms with Gasteiger partial charge in [0.1, 0.15) is 5.82 Å². The maximum absolute atomic E-state index is 13.3. The molecule has 0 aromatic heterocycles. The maximum Gasteiger partial charge on any atom is 0.141 e. The summed E-state index contributed by atoms with van der Waals surface area (Å²) in [6.07, 6.45) is 5.20. The third kappa shape index (κ3) is 3.10. The summed E-state index contributed by atoms with van der Waals surface area (Å²) in [5.41, 5.74) is 7.02. The first kappa shape index (κ1) is 13.3. The Bertz CT molecular complexity index is 457. The molecule has 0 amide bonds. The first-order valence-electron chi connectivity index (χ1n) is 7.10. The molecule has 4 heteroatoms. The monoisotopic (exact) mass is 282 g/mol. The summed E-state index contributed by atoms with van der Waals surface area (Å²) in [5, 5.41) is 0.193. The van der Waals surface area contributed by atoms with Gasteiger partial charge in [-0.3, -0.25) is 4.90 Å². The molecule has 19 heavy (non-hydrogen) atoms. The normalized spacial score (nSPS) is 20.8. The zero-order valence-electron chi connectivity index (χ0n) is 11.0. The quantitative estimate of drug-likeness (QED) is 0.867. The summed E-state index contributed by atoms with van der Waals surface area (Å²) < 4.78 is 13.3. The number of rotatable bonds is 6. The molecule has 2 aliphatic rings. The Kier molecular flexibility index (Phi) is 3.79. The van der Waals surface area contributed by atoms with E-state index in [0.29, 0.717) is 12.6 Å². The zero-order chi connectivity index (χ0) is 13.4. The summed E-state index contributed by atoms with van der Waals surface area (Å²) in [7, 11) is 0. The van der Waals surface area contributed by atoms with E-state index in [9.17, 15) is 4.39 Å². The highest BCUT2D eigenvalue weighted by molar-refractivity contribution is 6.30. The number of halogens is 2. The van der Waals surface area contributed by atoms with Crippen LogP contribution >= 0.6 is 11.6 Å². The second-order valence-corrected chi connectivity index (χ2v) is 6.20. The molecule has 2 N–H and O–H groups in total. The van der Waals surface area contributed by atoms with Crippen LogP contribution in [-0.2, 0) is 0 Å². The second kappa shape index (κ2) is 5.39. The van der Waals surface area contributed by atoms with E-state index in [-0.39, 0.29) is 16.9 Å². The third-order valence-electron chi connectivity index (χ3n) is 4.13. The second-order valence-electron chi connectivity index (χ2n) is 5.80. The molecule has 2 saturated carbocycles. The zero-order valence-corrected chi connectivity index (χ0v) is 11.7. The van der Waals surface area contributed by atoms with Gasteiger partial charge >= 0.3 is 0 Å². The maximum atomic E-state index is 13.3. The third-order valence-corrected chi connectivity index (χ3v) is 4.42. The van der Waals surface area contributed by atoms with Crippen LogP contribution in [0.15, 0.2) is 18.2 Å². The van der Waals surface area contributed by atoms with Crippen LogP contribution < -0.4 is 5.73 Å². The van der Waals surface area contributed by atoms with E-state index >= 15 is 0 Å². The van der Waals surface area contributed by atoms with E-state index in [2.05, 4.69) is 4.90 Å². The van der Waals surface area contributed by atoms with Crippen molar-refractivity contribution in [2.24, 2.45) is 11.7 Å². The van der Waals surface area contributed by atoms with Gasteiger partial charge in [-0.05, 0) is 49.3 Å². The van der Waals surface area contributed by atoms with Crippen molar-refractivity contribution in [1.82, 2.24) is 4.90 Å². The minimum absolute atomic E-state index is 0.172. The Hall–Kier alpha value is -0.640. The summed E-state index contributed by atoms with van der Waals surface area (Å²) in [6.45, 7) is 1.69. The molecule has 2 nitrogen and oxygen atoms in total. The lowest BCUT2D eigenvalue weighted by Crippen LogP contribution is -2.37. The number of hydrogen-bond acceptors (Lipinski definition) is 2. The van der Waals surface area contributed by atoms with E-state index in [1.807, 2.05) is 6.07 Å². The highest BCUT2D eigenvalue weighted by atomic mass is 35.5. The van der Waals surface area contributed by atoms with Crippen molar-refractivity contribution in [3.05, 3.63) is 34.6 Å². The van der Waals surface area contributed by atoms with Crippen LogP contribution in [-0.4, -0.2) is 24.0 Å². The van der Waals surface area contributed by atoms with Gasteiger partial charge in [0.05, 0.1) is 5.02 Å². The van der Waals surface area contributed by atoms with E-state index in [4.69, 9.17) is 17.3 Å². The van der Waals surface area contributed by atoms with Crippen LogP contribution in [0.1, 0.15) is 37.3 Å². The molecular formula is C15H20ClFN2. The molecule has 104 valence electrons. The summed E-state index contributed by atoms with van der Waals surface area (Å²) >= 11 is 5.90. The van der Waals surface area contributed by atoms with Gasteiger partial charge in [-0.25, -0.2) is 4.39 Å². The predicted molar refractivity (Wildman–Crippen MR) is 75.7 cm³/mol. The van der Waals surface area contributed by atoms with Crippen molar-refractivity contribution in [2.75, 3.05) is 13.1 Å². The van der Waals surface area contributed by atoms with Gasteiger partial charge in [0.15, 0.2) is 0 Å². The average Bonchev–Trinajstić information content (AvgIpc) is 3.27. The Morgan fingerprint density at radius 2 is 2.05 bits per heavy atom. The largest absolute Gasteiger partial charge is 0.329 e. The van der Waals surface area contributed by atoms with E-state index in [1.54, 1.807) is 6.07 Å². The van der Waals surface area contributed by atoms with Crippen molar-refractivity contribution in [2.45, 2.75) is 37.8 Å². The van der Waals surface area contributed by atoms with Crippen molar-refractivity contribution >= 4 is 11.6 Å². The standard InChI is InChI=1S/C15H20ClFN2/c16-13-7-11(3-6-14(13)17)15(8-18)19(12-4-5-12)9-10-1-2-10/h3,6-7,10,12,15H,1-2,4-5,8-9,18H2. The van der Waals surface area contributed by atoms with Crippen molar-refractivity contribution in [1.29, 1.82) is 0 Å². The topological polar surface area (TPSA) is 29.3 Å². The summed E-state index contributed by atoms with van der Waals surface area (Å²) in [4.78, 5) is 2.52. The molecule has 0 radical (unpaired) electrons. The first-order chi connectivity index (χ1) is 9.19. The van der Waals surface area contributed by atoms with Gasteiger partial charge in [-0.15, -0.1) is 0 Å². The Morgan fingerprint density at radius 1 is 1.32 bits per heavy atom. The number of benzene rings is 1. The Balaban J connectivity index is 1.81. The highest BCUT2D eigenvalue weighted by Crippen LogP contribution is 2.39. The fourth-order valence-electron chi connectivity index (χ4n) is 2.72. The summed E-state index contributed by atoms with van der Waals surface area (Å²) in [6, 6.07) is 5.84. The number of nitrogens with zero attached hydrogens (tertiary/aromatic N) is 1. The molecule has 1 aromatic rings. The van der Waals surface area contributed by atoms with Crippen molar-refractivity contribution < 1.29 is 4.39 Å². The molecule has 1 atom stereocenters. The van der Waals surface area contributed by atoms with Gasteiger partial charge in [-0.2, -0.15) is 0 Å². The molecule has 0 aliphatic heterocycles. The highest BCUT2D eigenvalue weighted by Gasteiger charge is 2.37. The smallest absolute Gasteiger partial charge is 0.141 e.